The number of hydrogen-bond donors (Lipinski definition) is 0. The Morgan fingerprint density at radius 2 is 2.22 bits per heavy atom. The summed E-state index contributed by atoms with van der Waals surface area (Å²) in [7, 11) is 0. The molecule has 1 heteroatoms. The molecule has 0 aromatic heterocycles. The zero-order valence-electron chi connectivity index (χ0n) is 6.15. The largest absolute Gasteiger partial charge is 0.198 e. The molecular formula is C8H13N. The van der Waals surface area contributed by atoms with Gasteiger partial charge in [0.1, 0.15) is 0 Å². The molecule has 9 heavy (non-hydrogen) atoms. The van der Waals surface area contributed by atoms with Crippen molar-refractivity contribution >= 4 is 0 Å². The van der Waals surface area contributed by atoms with E-state index in [2.05, 4.69) is 19.9 Å². The topological polar surface area (TPSA) is 23.8 Å². The van der Waals surface area contributed by atoms with Crippen molar-refractivity contribution in [2.75, 3.05) is 0 Å². The van der Waals surface area contributed by atoms with Crippen molar-refractivity contribution in [3.8, 4) is 6.07 Å². The summed E-state index contributed by atoms with van der Waals surface area (Å²) in [4.78, 5) is 0. The van der Waals surface area contributed by atoms with Crippen LogP contribution in [-0.4, -0.2) is 0 Å². The van der Waals surface area contributed by atoms with Crippen LogP contribution >= 0.6 is 0 Å². The molecule has 0 N–H and O–H groups in total. The van der Waals surface area contributed by atoms with Gasteiger partial charge in [-0.1, -0.05) is 13.8 Å². The highest BCUT2D eigenvalue weighted by atomic mass is 14.4. The van der Waals surface area contributed by atoms with Crippen molar-refractivity contribution in [1.29, 1.82) is 5.26 Å². The van der Waals surface area contributed by atoms with E-state index in [-0.39, 0.29) is 0 Å². The summed E-state index contributed by atoms with van der Waals surface area (Å²) in [6, 6.07) is 2.23. The van der Waals surface area contributed by atoms with Gasteiger partial charge in [-0.15, -0.1) is 0 Å². The van der Waals surface area contributed by atoms with Gasteiger partial charge in [0.05, 0.1) is 6.07 Å². The first-order chi connectivity index (χ1) is 4.16. The molecule has 0 heterocycles. The van der Waals surface area contributed by atoms with Crippen molar-refractivity contribution in [1.82, 2.24) is 0 Å². The van der Waals surface area contributed by atoms with Crippen LogP contribution in [0, 0.1) is 22.7 Å². The van der Waals surface area contributed by atoms with E-state index in [4.69, 9.17) is 5.26 Å². The van der Waals surface area contributed by atoms with Crippen LogP contribution in [0.4, 0.5) is 0 Å². The summed E-state index contributed by atoms with van der Waals surface area (Å²) in [5.74, 6) is 0.864. The van der Waals surface area contributed by atoms with E-state index in [0.29, 0.717) is 5.41 Å². The van der Waals surface area contributed by atoms with E-state index in [1.807, 2.05) is 0 Å². The molecule has 1 aliphatic carbocycles. The maximum Gasteiger partial charge on any atom is 0.0627 e. The maximum atomic E-state index is 8.40. The second-order valence-corrected chi connectivity index (χ2v) is 3.66. The van der Waals surface area contributed by atoms with Crippen LogP contribution in [0.2, 0.25) is 0 Å². The molecule has 50 valence electrons. The quantitative estimate of drug-likeness (QED) is 0.525. The SMILES string of the molecule is CC1CC(C)(CC#N)C1. The molecule has 0 atom stereocenters. The Kier molecular flexibility index (Phi) is 1.48. The lowest BCUT2D eigenvalue weighted by atomic mass is 9.62. The van der Waals surface area contributed by atoms with E-state index in [1.54, 1.807) is 0 Å². The highest BCUT2D eigenvalue weighted by Crippen LogP contribution is 2.47. The zero-order valence-corrected chi connectivity index (χ0v) is 6.15. The van der Waals surface area contributed by atoms with Crippen molar-refractivity contribution in [3.63, 3.8) is 0 Å². The molecule has 0 radical (unpaired) electrons. The van der Waals surface area contributed by atoms with Gasteiger partial charge in [-0.05, 0) is 24.2 Å². The van der Waals surface area contributed by atoms with E-state index in [1.165, 1.54) is 12.8 Å². The minimum absolute atomic E-state index is 0.383. The predicted molar refractivity (Wildman–Crippen MR) is 36.7 cm³/mol. The Morgan fingerprint density at radius 3 is 2.56 bits per heavy atom. The summed E-state index contributed by atoms with van der Waals surface area (Å²) >= 11 is 0. The minimum atomic E-state index is 0.383. The van der Waals surface area contributed by atoms with Gasteiger partial charge in [-0.3, -0.25) is 0 Å². The summed E-state index contributed by atoms with van der Waals surface area (Å²) in [5.41, 5.74) is 0.383. The van der Waals surface area contributed by atoms with Gasteiger partial charge in [0, 0.05) is 6.42 Å². The normalized spacial score (nSPS) is 41.2. The average Bonchev–Trinajstić information content (AvgIpc) is 1.62. The Balaban J connectivity index is 2.34. The van der Waals surface area contributed by atoms with Gasteiger partial charge < -0.3 is 0 Å². The van der Waals surface area contributed by atoms with E-state index in [9.17, 15) is 0 Å². The third-order valence-electron chi connectivity index (χ3n) is 2.19. The molecule has 1 aliphatic rings. The first-order valence-corrected chi connectivity index (χ1v) is 3.53. The molecular weight excluding hydrogens is 110 g/mol. The molecule has 1 nitrogen and oxygen atoms in total. The fourth-order valence-corrected chi connectivity index (χ4v) is 1.96. The van der Waals surface area contributed by atoms with Crippen LogP contribution in [0.3, 0.4) is 0 Å². The number of nitrogens with zero attached hydrogens (tertiary/aromatic N) is 1. The smallest absolute Gasteiger partial charge is 0.0627 e. The Morgan fingerprint density at radius 1 is 1.67 bits per heavy atom. The minimum Gasteiger partial charge on any atom is -0.198 e. The fraction of sp³-hybridized carbons (Fsp3) is 0.875. The average molecular weight is 123 g/mol. The van der Waals surface area contributed by atoms with E-state index >= 15 is 0 Å². The van der Waals surface area contributed by atoms with Crippen molar-refractivity contribution in [2.45, 2.75) is 33.1 Å². The number of hydrogen-bond acceptors (Lipinski definition) is 1. The molecule has 0 amide bonds. The second kappa shape index (κ2) is 2.02. The van der Waals surface area contributed by atoms with Crippen LogP contribution in [0.5, 0.6) is 0 Å². The van der Waals surface area contributed by atoms with Crippen LogP contribution in [-0.2, 0) is 0 Å². The third kappa shape index (κ3) is 1.24. The van der Waals surface area contributed by atoms with Crippen LogP contribution in [0.25, 0.3) is 0 Å². The van der Waals surface area contributed by atoms with Gasteiger partial charge in [0.25, 0.3) is 0 Å². The lowest BCUT2D eigenvalue weighted by Crippen LogP contribution is -2.32. The van der Waals surface area contributed by atoms with Gasteiger partial charge in [0.15, 0.2) is 0 Å². The van der Waals surface area contributed by atoms with Gasteiger partial charge in [-0.25, -0.2) is 0 Å². The van der Waals surface area contributed by atoms with Crippen LogP contribution in [0.1, 0.15) is 33.1 Å². The predicted octanol–water partition coefficient (Wildman–Crippen LogP) is 2.34. The summed E-state index contributed by atoms with van der Waals surface area (Å²) in [5, 5.41) is 8.40. The van der Waals surface area contributed by atoms with Crippen molar-refractivity contribution in [3.05, 3.63) is 0 Å². The Bertz CT molecular complexity index is 137. The highest BCUT2D eigenvalue weighted by Gasteiger charge is 2.36. The zero-order chi connectivity index (χ0) is 6.91. The molecule has 1 saturated carbocycles. The fourth-order valence-electron chi connectivity index (χ4n) is 1.96. The van der Waals surface area contributed by atoms with Crippen molar-refractivity contribution < 1.29 is 0 Å². The van der Waals surface area contributed by atoms with Gasteiger partial charge in [0.2, 0.25) is 0 Å². The second-order valence-electron chi connectivity index (χ2n) is 3.66. The molecule has 0 spiro atoms. The monoisotopic (exact) mass is 123 g/mol. The molecule has 0 aromatic carbocycles. The van der Waals surface area contributed by atoms with Crippen molar-refractivity contribution in [2.24, 2.45) is 11.3 Å². The standard InChI is InChI=1S/C8H13N/c1-7-5-8(2,6-7)3-4-9/h7H,3,5-6H2,1-2H3. The van der Waals surface area contributed by atoms with Gasteiger partial charge in [-0.2, -0.15) is 5.26 Å². The molecule has 1 fully saturated rings. The lowest BCUT2D eigenvalue weighted by molar-refractivity contribution is 0.0937. The van der Waals surface area contributed by atoms with E-state index in [0.717, 1.165) is 12.3 Å². The molecule has 0 aromatic rings. The Hall–Kier alpha value is -0.510. The molecule has 0 aliphatic heterocycles. The highest BCUT2D eigenvalue weighted by molar-refractivity contribution is 4.94. The van der Waals surface area contributed by atoms with Gasteiger partial charge >= 0.3 is 0 Å². The third-order valence-corrected chi connectivity index (χ3v) is 2.19. The van der Waals surface area contributed by atoms with Crippen LogP contribution in [0.15, 0.2) is 0 Å². The number of nitriles is 1. The van der Waals surface area contributed by atoms with Crippen LogP contribution < -0.4 is 0 Å². The molecule has 0 unspecified atom stereocenters. The number of rotatable bonds is 1. The first-order valence-electron chi connectivity index (χ1n) is 3.53. The molecule has 0 saturated heterocycles. The summed E-state index contributed by atoms with van der Waals surface area (Å²) < 4.78 is 0. The molecule has 1 rings (SSSR count). The maximum absolute atomic E-state index is 8.40. The Labute approximate surface area is 56.7 Å². The summed E-state index contributed by atoms with van der Waals surface area (Å²) in [6.45, 7) is 4.45. The molecule has 0 bridgehead atoms. The van der Waals surface area contributed by atoms with E-state index < -0.39 is 0 Å². The first kappa shape index (κ1) is 6.61. The lowest BCUT2D eigenvalue weighted by Gasteiger charge is -2.42. The summed E-state index contributed by atoms with van der Waals surface area (Å²) in [6.07, 6.45) is 3.25.